The summed E-state index contributed by atoms with van der Waals surface area (Å²) in [5.41, 5.74) is 14.8. The van der Waals surface area contributed by atoms with Crippen molar-refractivity contribution in [1.82, 2.24) is 0 Å². The number of benzene rings is 7. The van der Waals surface area contributed by atoms with Gasteiger partial charge in [0.25, 0.3) is 0 Å². The van der Waals surface area contributed by atoms with Gasteiger partial charge in [-0.1, -0.05) is 127 Å². The lowest BCUT2D eigenvalue weighted by Crippen LogP contribution is -2.28. The molecule has 0 saturated carbocycles. The highest BCUT2D eigenvalue weighted by Crippen LogP contribution is 2.59. The zero-order valence-corrected chi connectivity index (χ0v) is 24.8. The molecule has 7 aromatic rings. The molecule has 9 rings (SSSR count). The van der Waals surface area contributed by atoms with E-state index in [0.29, 0.717) is 0 Å². The smallest absolute Gasteiger partial charge is 0.135 e. The maximum absolute atomic E-state index is 6.57. The third-order valence-corrected chi connectivity index (χ3v) is 9.88. The van der Waals surface area contributed by atoms with Crippen LogP contribution in [0, 0.1) is 13.8 Å². The fraction of sp³-hybridized carbons (Fsp3) is 0.0698. The highest BCUT2D eigenvalue weighted by atomic mass is 16.5. The van der Waals surface area contributed by atoms with Gasteiger partial charge in [0.05, 0.1) is 5.41 Å². The van der Waals surface area contributed by atoms with Gasteiger partial charge >= 0.3 is 0 Å². The van der Waals surface area contributed by atoms with Crippen molar-refractivity contribution < 1.29 is 4.74 Å². The summed E-state index contributed by atoms with van der Waals surface area (Å²) in [5.74, 6) is 1.86. The van der Waals surface area contributed by atoms with Crippen molar-refractivity contribution in [2.75, 3.05) is 0 Å². The summed E-state index contributed by atoms with van der Waals surface area (Å²) in [6.07, 6.45) is 0. The number of hydrogen-bond donors (Lipinski definition) is 0. The van der Waals surface area contributed by atoms with E-state index >= 15 is 0 Å². The molecule has 0 aromatic heterocycles. The molecule has 7 aromatic carbocycles. The summed E-state index contributed by atoms with van der Waals surface area (Å²) in [6.45, 7) is 4.33. The van der Waals surface area contributed by atoms with E-state index in [1.165, 1.54) is 77.5 Å². The second-order valence-corrected chi connectivity index (χ2v) is 12.1. The second-order valence-electron chi connectivity index (χ2n) is 12.1. The summed E-state index contributed by atoms with van der Waals surface area (Å²) in [7, 11) is 0. The van der Waals surface area contributed by atoms with Crippen LogP contribution in [0.15, 0.2) is 146 Å². The largest absolute Gasteiger partial charge is 0.456 e. The SMILES string of the molecule is Cc1cc2c(cc1C)-c1cccc3c(-c4cccc5c4-c4ccccc4C5(c4ccccc4)c4ccccc4)ccc(c13)O2. The normalized spacial score (nSPS) is 13.6. The van der Waals surface area contributed by atoms with Gasteiger partial charge in [0.2, 0.25) is 0 Å². The zero-order chi connectivity index (χ0) is 29.4. The molecule has 0 unspecified atom stereocenters. The molecule has 0 spiro atoms. The van der Waals surface area contributed by atoms with Gasteiger partial charge in [-0.3, -0.25) is 0 Å². The average Bonchev–Trinajstić information content (AvgIpc) is 3.38. The lowest BCUT2D eigenvalue weighted by molar-refractivity contribution is 0.486. The molecule has 44 heavy (non-hydrogen) atoms. The summed E-state index contributed by atoms with van der Waals surface area (Å²) in [6, 6.07) is 53.5. The number of rotatable bonds is 3. The first-order chi connectivity index (χ1) is 21.7. The monoisotopic (exact) mass is 562 g/mol. The lowest BCUT2D eigenvalue weighted by atomic mass is 9.67. The quantitative estimate of drug-likeness (QED) is 0.208. The van der Waals surface area contributed by atoms with Gasteiger partial charge in [0.1, 0.15) is 11.5 Å². The van der Waals surface area contributed by atoms with Crippen molar-refractivity contribution in [1.29, 1.82) is 0 Å². The molecule has 0 atom stereocenters. The Morgan fingerprint density at radius 3 is 1.82 bits per heavy atom. The predicted molar refractivity (Wildman–Crippen MR) is 182 cm³/mol. The van der Waals surface area contributed by atoms with E-state index in [1.807, 2.05) is 0 Å². The average molecular weight is 563 g/mol. The summed E-state index contributed by atoms with van der Waals surface area (Å²) in [5, 5.41) is 2.40. The topological polar surface area (TPSA) is 9.23 Å². The van der Waals surface area contributed by atoms with Crippen molar-refractivity contribution in [2.24, 2.45) is 0 Å². The predicted octanol–water partition coefficient (Wildman–Crippen LogP) is 11.3. The summed E-state index contributed by atoms with van der Waals surface area (Å²) < 4.78 is 6.57. The van der Waals surface area contributed by atoms with Crippen molar-refractivity contribution in [2.45, 2.75) is 19.3 Å². The van der Waals surface area contributed by atoms with Crippen molar-refractivity contribution in [3.05, 3.63) is 179 Å². The molecule has 0 N–H and O–H groups in total. The maximum Gasteiger partial charge on any atom is 0.135 e. The first-order valence-corrected chi connectivity index (χ1v) is 15.4. The third-order valence-electron chi connectivity index (χ3n) is 9.88. The number of aryl methyl sites for hydroxylation is 2. The summed E-state index contributed by atoms with van der Waals surface area (Å²) in [4.78, 5) is 0. The Labute approximate surface area is 258 Å². The molecule has 1 aliphatic carbocycles. The Bertz CT molecular complexity index is 2220. The number of ether oxygens (including phenoxy) is 1. The van der Waals surface area contributed by atoms with Crippen LogP contribution in [0.4, 0.5) is 0 Å². The van der Waals surface area contributed by atoms with E-state index in [2.05, 4.69) is 159 Å². The highest BCUT2D eigenvalue weighted by molar-refractivity contribution is 6.12. The van der Waals surface area contributed by atoms with Crippen molar-refractivity contribution in [3.8, 4) is 44.9 Å². The van der Waals surface area contributed by atoms with E-state index in [1.54, 1.807) is 0 Å². The van der Waals surface area contributed by atoms with Crippen LogP contribution in [-0.2, 0) is 5.41 Å². The molecule has 1 aliphatic heterocycles. The Morgan fingerprint density at radius 1 is 0.432 bits per heavy atom. The minimum atomic E-state index is -0.422. The van der Waals surface area contributed by atoms with Crippen LogP contribution in [0.5, 0.6) is 11.5 Å². The van der Waals surface area contributed by atoms with Gasteiger partial charge in [0, 0.05) is 10.9 Å². The van der Waals surface area contributed by atoms with Crippen molar-refractivity contribution in [3.63, 3.8) is 0 Å². The molecular formula is C43H30O. The molecule has 0 bridgehead atoms. The van der Waals surface area contributed by atoms with Crippen LogP contribution in [0.2, 0.25) is 0 Å². The molecule has 2 aliphatic rings. The third kappa shape index (κ3) is 3.30. The van der Waals surface area contributed by atoms with Crippen LogP contribution in [-0.4, -0.2) is 0 Å². The molecule has 0 amide bonds. The molecule has 0 radical (unpaired) electrons. The molecule has 208 valence electrons. The summed E-state index contributed by atoms with van der Waals surface area (Å²) >= 11 is 0. The van der Waals surface area contributed by atoms with Gasteiger partial charge in [0.15, 0.2) is 0 Å². The highest BCUT2D eigenvalue weighted by Gasteiger charge is 2.46. The van der Waals surface area contributed by atoms with Gasteiger partial charge in [-0.05, 0) is 98.6 Å². The zero-order valence-electron chi connectivity index (χ0n) is 24.8. The van der Waals surface area contributed by atoms with E-state index in [-0.39, 0.29) is 0 Å². The van der Waals surface area contributed by atoms with E-state index in [4.69, 9.17) is 4.74 Å². The maximum atomic E-state index is 6.57. The minimum Gasteiger partial charge on any atom is -0.456 e. The molecule has 1 nitrogen and oxygen atoms in total. The molecule has 0 fully saturated rings. The molecule has 1 heterocycles. The fourth-order valence-electron chi connectivity index (χ4n) is 7.84. The number of hydrogen-bond acceptors (Lipinski definition) is 1. The molecule has 1 heteroatoms. The Balaban J connectivity index is 1.37. The van der Waals surface area contributed by atoms with Crippen LogP contribution >= 0.6 is 0 Å². The Hall–Kier alpha value is -5.40. The van der Waals surface area contributed by atoms with Crippen LogP contribution in [0.3, 0.4) is 0 Å². The van der Waals surface area contributed by atoms with Crippen molar-refractivity contribution >= 4 is 10.8 Å². The van der Waals surface area contributed by atoms with Gasteiger partial charge in [-0.15, -0.1) is 0 Å². The first kappa shape index (κ1) is 25.1. The lowest BCUT2D eigenvalue weighted by Gasteiger charge is -2.34. The second kappa shape index (κ2) is 9.30. The Morgan fingerprint density at radius 2 is 1.05 bits per heavy atom. The van der Waals surface area contributed by atoms with Crippen LogP contribution in [0.25, 0.3) is 44.2 Å². The van der Waals surface area contributed by atoms with E-state index in [9.17, 15) is 0 Å². The van der Waals surface area contributed by atoms with Crippen LogP contribution in [0.1, 0.15) is 33.4 Å². The van der Waals surface area contributed by atoms with Gasteiger partial charge in [-0.2, -0.15) is 0 Å². The van der Waals surface area contributed by atoms with Crippen LogP contribution < -0.4 is 4.74 Å². The molecule has 0 saturated heterocycles. The standard InChI is InChI=1S/C43H30O/c1-27-25-36-34-19-11-18-33-31(23-24-39(42(33)34)44-40(36)26-28(27)2)32-20-12-22-38-41(32)35-17-9-10-21-37(35)43(38,29-13-5-3-6-14-29)30-15-7-4-8-16-30/h3-26H,1-2H3. The molecular weight excluding hydrogens is 532 g/mol. The minimum absolute atomic E-state index is 0.422. The van der Waals surface area contributed by atoms with E-state index in [0.717, 1.165) is 11.5 Å². The van der Waals surface area contributed by atoms with E-state index < -0.39 is 5.41 Å². The number of fused-ring (bicyclic) bond motifs is 5. The Kier molecular flexibility index (Phi) is 5.31. The van der Waals surface area contributed by atoms with Gasteiger partial charge < -0.3 is 4.74 Å². The fourth-order valence-corrected chi connectivity index (χ4v) is 7.84. The van der Waals surface area contributed by atoms with Gasteiger partial charge in [-0.25, -0.2) is 0 Å². The first-order valence-electron chi connectivity index (χ1n) is 15.4.